The first-order valence-electron chi connectivity index (χ1n) is 6.06. The molecule has 0 bridgehead atoms. The first-order valence-corrected chi connectivity index (χ1v) is 7.88. The zero-order valence-corrected chi connectivity index (χ0v) is 12.8. The van der Waals surface area contributed by atoms with Crippen LogP contribution in [0.3, 0.4) is 0 Å². The van der Waals surface area contributed by atoms with E-state index in [1.165, 1.54) is 24.3 Å². The van der Waals surface area contributed by atoms with Crippen LogP contribution in [-0.2, 0) is 10.1 Å². The summed E-state index contributed by atoms with van der Waals surface area (Å²) in [4.78, 5) is 8.02. The summed E-state index contributed by atoms with van der Waals surface area (Å²) in [5, 5.41) is 0.434. The molecule has 0 fully saturated rings. The molecule has 0 aliphatic heterocycles. The Labute approximate surface area is 132 Å². The van der Waals surface area contributed by atoms with Gasteiger partial charge in [-0.25, -0.2) is 4.98 Å². The van der Waals surface area contributed by atoms with Crippen LogP contribution in [0.15, 0.2) is 59.6 Å². The highest BCUT2D eigenvalue weighted by molar-refractivity contribution is 7.85. The number of halogens is 1. The van der Waals surface area contributed by atoms with Gasteiger partial charge in [-0.05, 0) is 36.4 Å². The molecule has 114 valence electrons. The lowest BCUT2D eigenvalue weighted by Gasteiger charge is -1.95. The van der Waals surface area contributed by atoms with Gasteiger partial charge in [-0.1, -0.05) is 23.7 Å². The number of aromatic nitrogens is 2. The highest BCUT2D eigenvalue weighted by Crippen LogP contribution is 2.11. The van der Waals surface area contributed by atoms with Crippen molar-refractivity contribution in [3.63, 3.8) is 0 Å². The molecule has 8 heteroatoms. The Hall–Kier alpha value is -2.22. The van der Waals surface area contributed by atoms with Gasteiger partial charge < -0.3 is 5.73 Å². The first kappa shape index (κ1) is 16.2. The number of benzene rings is 2. The van der Waals surface area contributed by atoms with Crippen LogP contribution in [0.4, 0.5) is 5.69 Å². The number of rotatable bonds is 1. The summed E-state index contributed by atoms with van der Waals surface area (Å²) in [5.74, 6) is 0. The zero-order valence-electron chi connectivity index (χ0n) is 11.2. The maximum Gasteiger partial charge on any atom is 0.294 e. The highest BCUT2D eigenvalue weighted by Gasteiger charge is 2.06. The molecule has 0 radical (unpaired) electrons. The van der Waals surface area contributed by atoms with Crippen molar-refractivity contribution in [3.05, 3.63) is 59.9 Å². The average Bonchev–Trinajstić information content (AvgIpc) is 2.47. The number of nitrogen functional groups attached to an aromatic ring is 1. The number of fused-ring (bicyclic) bond motifs is 1. The van der Waals surface area contributed by atoms with Crippen molar-refractivity contribution in [2.75, 3.05) is 5.73 Å². The van der Waals surface area contributed by atoms with Gasteiger partial charge in [0.1, 0.15) is 5.15 Å². The molecule has 0 saturated heterocycles. The third-order valence-corrected chi connectivity index (χ3v) is 3.65. The summed E-state index contributed by atoms with van der Waals surface area (Å²) >= 11 is 5.65. The Morgan fingerprint density at radius 2 is 1.59 bits per heavy atom. The fourth-order valence-corrected chi connectivity index (χ4v) is 2.19. The van der Waals surface area contributed by atoms with Gasteiger partial charge in [-0.15, -0.1) is 0 Å². The van der Waals surface area contributed by atoms with Crippen molar-refractivity contribution >= 4 is 38.4 Å². The van der Waals surface area contributed by atoms with Gasteiger partial charge in [0, 0.05) is 5.69 Å². The topological polar surface area (TPSA) is 106 Å². The Bertz CT molecular complexity index is 883. The van der Waals surface area contributed by atoms with Crippen LogP contribution in [0.5, 0.6) is 0 Å². The molecular weight excluding hydrogens is 326 g/mol. The van der Waals surface area contributed by atoms with Gasteiger partial charge in [0.2, 0.25) is 0 Å². The van der Waals surface area contributed by atoms with Crippen LogP contribution in [-0.4, -0.2) is 22.9 Å². The largest absolute Gasteiger partial charge is 0.399 e. The molecule has 0 aliphatic carbocycles. The fraction of sp³-hybridized carbons (Fsp3) is 0. The Morgan fingerprint density at radius 1 is 1.00 bits per heavy atom. The SMILES string of the molecule is Clc1cnc2ccccc2n1.Nc1ccc(S(=O)(=O)O)cc1. The second-order valence-electron chi connectivity index (χ2n) is 4.23. The first-order chi connectivity index (χ1) is 10.4. The molecule has 0 spiro atoms. The predicted molar refractivity (Wildman–Crippen MR) is 85.2 cm³/mol. The van der Waals surface area contributed by atoms with Crippen molar-refractivity contribution < 1.29 is 13.0 Å². The molecule has 0 saturated carbocycles. The van der Waals surface area contributed by atoms with E-state index in [0.29, 0.717) is 10.8 Å². The van der Waals surface area contributed by atoms with Crippen molar-refractivity contribution in [3.8, 4) is 0 Å². The van der Waals surface area contributed by atoms with Crippen molar-refractivity contribution in [2.45, 2.75) is 4.90 Å². The minimum Gasteiger partial charge on any atom is -0.399 e. The molecule has 0 unspecified atom stereocenters. The smallest absolute Gasteiger partial charge is 0.294 e. The molecule has 0 aliphatic rings. The summed E-state index contributed by atoms with van der Waals surface area (Å²) < 4.78 is 29.4. The van der Waals surface area contributed by atoms with E-state index >= 15 is 0 Å². The second kappa shape index (κ2) is 6.69. The zero-order chi connectivity index (χ0) is 16.2. The summed E-state index contributed by atoms with van der Waals surface area (Å²) in [5.41, 5.74) is 7.45. The summed E-state index contributed by atoms with van der Waals surface area (Å²) in [6.07, 6.45) is 1.55. The molecule has 3 N–H and O–H groups in total. The maximum absolute atomic E-state index is 10.5. The van der Waals surface area contributed by atoms with E-state index in [9.17, 15) is 8.42 Å². The second-order valence-corrected chi connectivity index (χ2v) is 6.03. The number of hydrogen-bond donors (Lipinski definition) is 2. The van der Waals surface area contributed by atoms with Gasteiger partial charge in [0.05, 0.1) is 22.1 Å². The van der Waals surface area contributed by atoms with Gasteiger partial charge in [-0.2, -0.15) is 8.42 Å². The van der Waals surface area contributed by atoms with E-state index in [2.05, 4.69) is 9.97 Å². The summed E-state index contributed by atoms with van der Waals surface area (Å²) in [6, 6.07) is 12.9. The van der Waals surface area contributed by atoms with Crippen LogP contribution >= 0.6 is 11.6 Å². The summed E-state index contributed by atoms with van der Waals surface area (Å²) in [7, 11) is -4.08. The van der Waals surface area contributed by atoms with E-state index in [1.807, 2.05) is 24.3 Å². The molecule has 1 heterocycles. The minimum absolute atomic E-state index is 0.147. The lowest BCUT2D eigenvalue weighted by Crippen LogP contribution is -1.97. The van der Waals surface area contributed by atoms with Gasteiger partial charge in [0.25, 0.3) is 10.1 Å². The van der Waals surface area contributed by atoms with E-state index < -0.39 is 10.1 Å². The number of hydrogen-bond acceptors (Lipinski definition) is 5. The van der Waals surface area contributed by atoms with Crippen LogP contribution < -0.4 is 5.73 Å². The maximum atomic E-state index is 10.5. The normalized spacial score (nSPS) is 10.8. The van der Waals surface area contributed by atoms with Gasteiger partial charge in [0.15, 0.2) is 0 Å². The average molecular weight is 338 g/mol. The van der Waals surface area contributed by atoms with Gasteiger partial charge >= 0.3 is 0 Å². The number of anilines is 1. The molecular formula is C14H12ClN3O3S. The third kappa shape index (κ3) is 4.39. The van der Waals surface area contributed by atoms with E-state index in [0.717, 1.165) is 11.0 Å². The third-order valence-electron chi connectivity index (χ3n) is 2.60. The number of nitrogens with zero attached hydrogens (tertiary/aromatic N) is 2. The molecule has 0 amide bonds. The number of para-hydroxylation sites is 2. The lowest BCUT2D eigenvalue weighted by molar-refractivity contribution is 0.483. The lowest BCUT2D eigenvalue weighted by atomic mass is 10.3. The molecule has 3 aromatic rings. The van der Waals surface area contributed by atoms with Crippen molar-refractivity contribution in [1.29, 1.82) is 0 Å². The Balaban J connectivity index is 0.000000160. The number of nitrogens with two attached hydrogens (primary N) is 1. The molecule has 3 rings (SSSR count). The highest BCUT2D eigenvalue weighted by atomic mass is 35.5. The molecule has 22 heavy (non-hydrogen) atoms. The standard InChI is InChI=1S/C8H5ClN2.C6H7NO3S/c9-8-5-10-6-3-1-2-4-7(6)11-8;7-5-1-3-6(4-2-5)11(8,9)10/h1-5H;1-4H,7H2,(H,8,9,10). The van der Waals surface area contributed by atoms with E-state index in [4.69, 9.17) is 21.9 Å². The van der Waals surface area contributed by atoms with Crippen molar-refractivity contribution in [1.82, 2.24) is 9.97 Å². The van der Waals surface area contributed by atoms with E-state index in [-0.39, 0.29) is 4.90 Å². The van der Waals surface area contributed by atoms with Crippen LogP contribution in [0.1, 0.15) is 0 Å². The predicted octanol–water partition coefficient (Wildman–Crippen LogP) is 2.80. The van der Waals surface area contributed by atoms with Crippen LogP contribution in [0.2, 0.25) is 5.15 Å². The molecule has 0 atom stereocenters. The Kier molecular flexibility index (Phi) is 4.92. The molecule has 2 aromatic carbocycles. The monoisotopic (exact) mass is 337 g/mol. The van der Waals surface area contributed by atoms with Crippen LogP contribution in [0.25, 0.3) is 11.0 Å². The van der Waals surface area contributed by atoms with Gasteiger partial charge in [-0.3, -0.25) is 9.54 Å². The minimum atomic E-state index is -4.08. The van der Waals surface area contributed by atoms with Crippen LogP contribution in [0, 0.1) is 0 Å². The quantitative estimate of drug-likeness (QED) is 0.522. The van der Waals surface area contributed by atoms with Crippen molar-refractivity contribution in [2.24, 2.45) is 0 Å². The Morgan fingerprint density at radius 3 is 2.18 bits per heavy atom. The fourth-order valence-electron chi connectivity index (χ4n) is 1.57. The molecule has 6 nitrogen and oxygen atoms in total. The summed E-state index contributed by atoms with van der Waals surface area (Å²) in [6.45, 7) is 0. The molecule has 1 aromatic heterocycles. The van der Waals surface area contributed by atoms with E-state index in [1.54, 1.807) is 6.20 Å².